The van der Waals surface area contributed by atoms with Crippen LogP contribution >= 0.6 is 23.4 Å². The van der Waals surface area contributed by atoms with Crippen LogP contribution in [0.15, 0.2) is 24.3 Å². The third kappa shape index (κ3) is 4.36. The van der Waals surface area contributed by atoms with Crippen LogP contribution in [0, 0.1) is 0 Å². The molecule has 1 aromatic carbocycles. The first-order valence-corrected chi connectivity index (χ1v) is 9.48. The van der Waals surface area contributed by atoms with E-state index >= 15 is 0 Å². The topological polar surface area (TPSA) is 55.4 Å². The maximum atomic E-state index is 12.1. The Balaban J connectivity index is 1.97. The minimum Gasteiger partial charge on any atom is -0.376 e. The Labute approximate surface area is 129 Å². The minimum atomic E-state index is -3.38. The van der Waals surface area contributed by atoms with Gasteiger partial charge in [-0.1, -0.05) is 23.7 Å². The molecule has 0 amide bonds. The second kappa shape index (κ2) is 6.66. The number of ether oxygens (including phenoxy) is 1. The number of nitrogens with one attached hydrogen (secondary N) is 1. The van der Waals surface area contributed by atoms with Crippen LogP contribution in [0.1, 0.15) is 12.0 Å². The lowest BCUT2D eigenvalue weighted by atomic mass is 10.0. The van der Waals surface area contributed by atoms with E-state index in [-0.39, 0.29) is 11.4 Å². The summed E-state index contributed by atoms with van der Waals surface area (Å²) in [7, 11) is -1.75. The summed E-state index contributed by atoms with van der Waals surface area (Å²) in [5, 5.41) is 0.540. The molecule has 4 nitrogen and oxygen atoms in total. The molecule has 0 spiro atoms. The van der Waals surface area contributed by atoms with E-state index in [1.165, 1.54) is 0 Å². The lowest BCUT2D eigenvalue weighted by molar-refractivity contribution is 0.0179. The van der Waals surface area contributed by atoms with Crippen LogP contribution < -0.4 is 4.72 Å². The fraction of sp³-hybridized carbons (Fsp3) is 0.538. The van der Waals surface area contributed by atoms with Gasteiger partial charge in [0.25, 0.3) is 0 Å². The van der Waals surface area contributed by atoms with Gasteiger partial charge < -0.3 is 4.74 Å². The number of thioether (sulfide) groups is 1. The van der Waals surface area contributed by atoms with Crippen molar-refractivity contribution >= 4 is 33.4 Å². The maximum Gasteiger partial charge on any atom is 0.215 e. The average molecular weight is 336 g/mol. The summed E-state index contributed by atoms with van der Waals surface area (Å²) in [5.74, 6) is 1.76. The van der Waals surface area contributed by atoms with Crippen molar-refractivity contribution in [3.8, 4) is 0 Å². The molecule has 112 valence electrons. The van der Waals surface area contributed by atoms with Gasteiger partial charge >= 0.3 is 0 Å². The number of sulfonamides is 1. The van der Waals surface area contributed by atoms with E-state index < -0.39 is 10.0 Å². The zero-order valence-electron chi connectivity index (χ0n) is 11.3. The molecule has 1 atom stereocenters. The maximum absolute atomic E-state index is 12.1. The van der Waals surface area contributed by atoms with Crippen LogP contribution in [0.5, 0.6) is 0 Å². The molecule has 1 aliphatic heterocycles. The standard InChI is InChI=1S/C13H18ClNO3S2/c1-18-13(5-6-19-10-13)9-15-20(16,17)8-11-3-2-4-12(14)7-11/h2-4,7,15H,5-6,8-10H2,1H3/t13-/m1/s1. The van der Waals surface area contributed by atoms with E-state index in [0.29, 0.717) is 17.1 Å². The Hall–Kier alpha value is -0.270. The normalized spacial score (nSPS) is 23.1. The smallest absolute Gasteiger partial charge is 0.215 e. The number of hydrogen-bond donors (Lipinski definition) is 1. The first-order chi connectivity index (χ1) is 9.45. The molecular formula is C13H18ClNO3S2. The van der Waals surface area contributed by atoms with Gasteiger partial charge in [0, 0.05) is 24.4 Å². The van der Waals surface area contributed by atoms with Gasteiger partial charge in [-0.3, -0.25) is 0 Å². The highest BCUT2D eigenvalue weighted by Crippen LogP contribution is 2.30. The fourth-order valence-corrected chi connectivity index (χ4v) is 4.91. The van der Waals surface area contributed by atoms with Crippen molar-refractivity contribution in [1.82, 2.24) is 4.72 Å². The Morgan fingerprint density at radius 3 is 2.90 bits per heavy atom. The van der Waals surface area contributed by atoms with Crippen LogP contribution in [-0.4, -0.2) is 39.2 Å². The molecule has 2 rings (SSSR count). The van der Waals surface area contributed by atoms with Crippen molar-refractivity contribution in [2.45, 2.75) is 17.8 Å². The lowest BCUT2D eigenvalue weighted by Gasteiger charge is -2.26. The molecule has 0 bridgehead atoms. The van der Waals surface area contributed by atoms with Gasteiger partial charge in [0.15, 0.2) is 0 Å². The molecule has 0 radical (unpaired) electrons. The van der Waals surface area contributed by atoms with E-state index in [1.54, 1.807) is 43.1 Å². The molecule has 1 heterocycles. The van der Waals surface area contributed by atoms with Gasteiger partial charge in [-0.25, -0.2) is 13.1 Å². The van der Waals surface area contributed by atoms with Crippen molar-refractivity contribution in [3.63, 3.8) is 0 Å². The molecule has 1 aromatic rings. The Morgan fingerprint density at radius 1 is 1.50 bits per heavy atom. The molecule has 0 unspecified atom stereocenters. The summed E-state index contributed by atoms with van der Waals surface area (Å²) in [6.45, 7) is 0.319. The van der Waals surface area contributed by atoms with Gasteiger partial charge in [0.05, 0.1) is 11.4 Å². The van der Waals surface area contributed by atoms with Crippen molar-refractivity contribution < 1.29 is 13.2 Å². The van der Waals surface area contributed by atoms with E-state index in [0.717, 1.165) is 17.9 Å². The second-order valence-corrected chi connectivity index (χ2v) is 8.25. The minimum absolute atomic E-state index is 0.0690. The third-order valence-corrected chi connectivity index (χ3v) is 6.12. The zero-order valence-corrected chi connectivity index (χ0v) is 13.7. The Kier molecular flexibility index (Phi) is 5.36. The fourth-order valence-electron chi connectivity index (χ4n) is 2.10. The van der Waals surface area contributed by atoms with E-state index in [1.807, 2.05) is 0 Å². The van der Waals surface area contributed by atoms with Gasteiger partial charge in [-0.05, 0) is 29.9 Å². The van der Waals surface area contributed by atoms with E-state index in [4.69, 9.17) is 16.3 Å². The molecule has 0 saturated carbocycles. The van der Waals surface area contributed by atoms with Crippen LogP contribution in [0.25, 0.3) is 0 Å². The summed E-state index contributed by atoms with van der Waals surface area (Å²) >= 11 is 7.65. The molecular weight excluding hydrogens is 318 g/mol. The third-order valence-electron chi connectivity index (χ3n) is 3.36. The molecule has 0 aliphatic carbocycles. The van der Waals surface area contributed by atoms with Crippen LogP contribution in [0.3, 0.4) is 0 Å². The highest BCUT2D eigenvalue weighted by Gasteiger charge is 2.35. The molecule has 1 saturated heterocycles. The molecule has 1 aliphatic rings. The van der Waals surface area contributed by atoms with Gasteiger partial charge in [-0.2, -0.15) is 11.8 Å². The lowest BCUT2D eigenvalue weighted by Crippen LogP contribution is -2.44. The number of methoxy groups -OCH3 is 1. The summed E-state index contributed by atoms with van der Waals surface area (Å²) in [5.41, 5.74) is 0.309. The van der Waals surface area contributed by atoms with Crippen molar-refractivity contribution in [2.24, 2.45) is 0 Å². The number of hydrogen-bond acceptors (Lipinski definition) is 4. The van der Waals surface area contributed by atoms with Crippen molar-refractivity contribution in [1.29, 1.82) is 0 Å². The van der Waals surface area contributed by atoms with Gasteiger partial charge in [0.2, 0.25) is 10.0 Å². The largest absolute Gasteiger partial charge is 0.376 e. The number of rotatable bonds is 6. The van der Waals surface area contributed by atoms with Crippen molar-refractivity contribution in [3.05, 3.63) is 34.9 Å². The van der Waals surface area contributed by atoms with E-state index in [2.05, 4.69) is 4.72 Å². The zero-order chi connectivity index (χ0) is 14.6. The van der Waals surface area contributed by atoms with Crippen molar-refractivity contribution in [2.75, 3.05) is 25.2 Å². The van der Waals surface area contributed by atoms with Gasteiger partial charge in [0.1, 0.15) is 0 Å². The Morgan fingerprint density at radius 2 is 2.30 bits per heavy atom. The number of benzene rings is 1. The van der Waals surface area contributed by atoms with E-state index in [9.17, 15) is 8.42 Å². The summed E-state index contributed by atoms with van der Waals surface area (Å²) in [6.07, 6.45) is 0.869. The predicted octanol–water partition coefficient (Wildman–Crippen LogP) is 2.28. The first kappa shape index (κ1) is 16.1. The Bertz CT molecular complexity index is 556. The molecule has 1 fully saturated rings. The SMILES string of the molecule is CO[C@@]1(CNS(=O)(=O)Cc2cccc(Cl)c2)CCSC1. The average Bonchev–Trinajstić information content (AvgIpc) is 2.86. The number of halogens is 1. The summed E-state index contributed by atoms with van der Waals surface area (Å²) in [4.78, 5) is 0. The molecule has 1 N–H and O–H groups in total. The second-order valence-electron chi connectivity index (χ2n) is 4.90. The molecule has 7 heteroatoms. The van der Waals surface area contributed by atoms with Gasteiger partial charge in [-0.15, -0.1) is 0 Å². The predicted molar refractivity (Wildman–Crippen MR) is 83.8 cm³/mol. The quantitative estimate of drug-likeness (QED) is 0.866. The molecule has 20 heavy (non-hydrogen) atoms. The summed E-state index contributed by atoms with van der Waals surface area (Å²) in [6, 6.07) is 6.89. The highest BCUT2D eigenvalue weighted by molar-refractivity contribution is 7.99. The first-order valence-electron chi connectivity index (χ1n) is 6.29. The van der Waals surface area contributed by atoms with Crippen LogP contribution in [-0.2, 0) is 20.5 Å². The van der Waals surface area contributed by atoms with Crippen LogP contribution in [0.2, 0.25) is 5.02 Å². The summed E-state index contributed by atoms with van der Waals surface area (Å²) < 4.78 is 32.4. The highest BCUT2D eigenvalue weighted by atomic mass is 35.5. The monoisotopic (exact) mass is 335 g/mol. The molecule has 0 aromatic heterocycles. The van der Waals surface area contributed by atoms with Crippen LogP contribution in [0.4, 0.5) is 0 Å².